The molecule has 2 heterocycles. The molecule has 0 aliphatic carbocycles. The Bertz CT molecular complexity index is 1730. The van der Waals surface area contributed by atoms with Gasteiger partial charge in [-0.25, -0.2) is 9.78 Å². The van der Waals surface area contributed by atoms with Gasteiger partial charge in [0.05, 0.1) is 23.1 Å². The molecular formula is C33H29N3O3. The van der Waals surface area contributed by atoms with Gasteiger partial charge in [-0.2, -0.15) is 0 Å². The summed E-state index contributed by atoms with van der Waals surface area (Å²) in [6.07, 6.45) is 1.82. The second-order valence-corrected chi connectivity index (χ2v) is 10.1. The van der Waals surface area contributed by atoms with Gasteiger partial charge in [0.1, 0.15) is 5.82 Å². The van der Waals surface area contributed by atoms with Crippen LogP contribution in [0.3, 0.4) is 0 Å². The van der Waals surface area contributed by atoms with Crippen molar-refractivity contribution in [2.45, 2.75) is 39.8 Å². The van der Waals surface area contributed by atoms with Crippen molar-refractivity contribution < 1.29 is 14.7 Å². The Morgan fingerprint density at radius 3 is 2.38 bits per heavy atom. The second kappa shape index (κ2) is 9.87. The number of benzene rings is 4. The van der Waals surface area contributed by atoms with Crippen LogP contribution in [0.1, 0.15) is 56.6 Å². The first-order valence-corrected chi connectivity index (χ1v) is 13.3. The summed E-state index contributed by atoms with van der Waals surface area (Å²) in [5.74, 6) is 0.111. The van der Waals surface area contributed by atoms with Gasteiger partial charge in [0.15, 0.2) is 0 Å². The third-order valence-electron chi connectivity index (χ3n) is 7.48. The molecule has 5 aromatic rings. The first-order valence-electron chi connectivity index (χ1n) is 13.3. The summed E-state index contributed by atoms with van der Waals surface area (Å²) >= 11 is 0. The van der Waals surface area contributed by atoms with E-state index in [4.69, 9.17) is 4.98 Å². The summed E-state index contributed by atoms with van der Waals surface area (Å²) in [6, 6.07) is 27.1. The number of carbonyl (C=O) groups excluding carboxylic acids is 1. The van der Waals surface area contributed by atoms with E-state index in [0.29, 0.717) is 18.7 Å². The van der Waals surface area contributed by atoms with Crippen LogP contribution in [0.2, 0.25) is 0 Å². The number of aromatic nitrogens is 2. The van der Waals surface area contributed by atoms with Crippen molar-refractivity contribution in [1.29, 1.82) is 0 Å². The van der Waals surface area contributed by atoms with Crippen LogP contribution in [0, 0.1) is 6.92 Å². The molecular weight excluding hydrogens is 486 g/mol. The number of aromatic carboxylic acids is 1. The molecule has 0 atom stereocenters. The smallest absolute Gasteiger partial charge is 0.336 e. The molecule has 1 amide bonds. The van der Waals surface area contributed by atoms with E-state index in [2.05, 4.69) is 30.5 Å². The average Bonchev–Trinajstić information content (AvgIpc) is 3.47. The summed E-state index contributed by atoms with van der Waals surface area (Å²) < 4.78 is 2.25. The lowest BCUT2D eigenvalue weighted by molar-refractivity contribution is 0.0697. The highest BCUT2D eigenvalue weighted by Gasteiger charge is 2.29. The highest BCUT2D eigenvalue weighted by atomic mass is 16.4. The molecule has 0 unspecified atom stereocenters. The Labute approximate surface area is 227 Å². The third kappa shape index (κ3) is 4.38. The molecule has 6 rings (SSSR count). The first kappa shape index (κ1) is 24.6. The van der Waals surface area contributed by atoms with E-state index in [1.54, 1.807) is 12.1 Å². The zero-order valence-corrected chi connectivity index (χ0v) is 22.0. The fraction of sp³-hybridized carbons (Fsp3) is 0.182. The molecule has 6 heteroatoms. The van der Waals surface area contributed by atoms with Crippen LogP contribution in [-0.2, 0) is 19.5 Å². The SMILES string of the molecule is CCCc1nc2c(C)cc(N3Cc4ccccc4C3=O)cc2n1Cc1ccc(-c2ccccc2C(=O)O)cc1. The molecule has 0 saturated carbocycles. The standard InChI is InChI=1S/C33H29N3O3/c1-3-8-30-34-31-21(2)17-25(35-20-24-9-4-5-11-27(24)32(35)37)18-29(31)36(30)19-22-13-15-23(16-14-22)26-10-6-7-12-28(26)33(38)39/h4-7,9-18H,3,8,19-20H2,1-2H3,(H,38,39). The number of aryl methyl sites for hydroxylation is 2. The van der Waals surface area contributed by atoms with Crippen LogP contribution in [-0.4, -0.2) is 26.5 Å². The minimum absolute atomic E-state index is 0.0291. The van der Waals surface area contributed by atoms with Gasteiger partial charge in [-0.05, 0) is 65.4 Å². The van der Waals surface area contributed by atoms with E-state index in [0.717, 1.165) is 63.2 Å². The number of hydrogen-bond acceptors (Lipinski definition) is 3. The Balaban J connectivity index is 1.38. The summed E-state index contributed by atoms with van der Waals surface area (Å²) in [5.41, 5.74) is 8.66. The zero-order valence-electron chi connectivity index (χ0n) is 22.0. The fourth-order valence-electron chi connectivity index (χ4n) is 5.53. The number of nitrogens with zero attached hydrogens (tertiary/aromatic N) is 3. The average molecular weight is 516 g/mol. The molecule has 6 nitrogen and oxygen atoms in total. The summed E-state index contributed by atoms with van der Waals surface area (Å²) in [7, 11) is 0. The summed E-state index contributed by atoms with van der Waals surface area (Å²) in [5, 5.41) is 9.59. The number of hydrogen-bond donors (Lipinski definition) is 1. The van der Waals surface area contributed by atoms with E-state index in [-0.39, 0.29) is 11.5 Å². The van der Waals surface area contributed by atoms with Gasteiger partial charge >= 0.3 is 5.97 Å². The Kier molecular flexibility index (Phi) is 6.23. The van der Waals surface area contributed by atoms with Crippen LogP contribution < -0.4 is 4.90 Å². The van der Waals surface area contributed by atoms with Gasteiger partial charge in [0, 0.05) is 24.2 Å². The quantitative estimate of drug-likeness (QED) is 0.257. The van der Waals surface area contributed by atoms with Gasteiger partial charge in [0.2, 0.25) is 0 Å². The molecule has 4 aromatic carbocycles. The van der Waals surface area contributed by atoms with Crippen molar-refractivity contribution in [2.24, 2.45) is 0 Å². The molecule has 1 aromatic heterocycles. The molecule has 1 N–H and O–H groups in total. The van der Waals surface area contributed by atoms with Crippen LogP contribution in [0.5, 0.6) is 0 Å². The van der Waals surface area contributed by atoms with E-state index >= 15 is 0 Å². The minimum Gasteiger partial charge on any atom is -0.478 e. The summed E-state index contributed by atoms with van der Waals surface area (Å²) in [4.78, 5) is 31.8. The lowest BCUT2D eigenvalue weighted by atomic mass is 9.99. The lowest BCUT2D eigenvalue weighted by Crippen LogP contribution is -2.23. The maximum absolute atomic E-state index is 13.2. The maximum atomic E-state index is 13.2. The maximum Gasteiger partial charge on any atom is 0.336 e. The first-order chi connectivity index (χ1) is 18.9. The van der Waals surface area contributed by atoms with Crippen molar-refractivity contribution in [2.75, 3.05) is 4.90 Å². The van der Waals surface area contributed by atoms with E-state index in [9.17, 15) is 14.7 Å². The molecule has 0 spiro atoms. The van der Waals surface area contributed by atoms with Crippen molar-refractivity contribution >= 4 is 28.6 Å². The lowest BCUT2D eigenvalue weighted by Gasteiger charge is -2.18. The van der Waals surface area contributed by atoms with Crippen LogP contribution in [0.25, 0.3) is 22.2 Å². The van der Waals surface area contributed by atoms with E-state index in [1.807, 2.05) is 65.6 Å². The van der Waals surface area contributed by atoms with Gasteiger partial charge < -0.3 is 14.6 Å². The Hall–Kier alpha value is -4.71. The van der Waals surface area contributed by atoms with Gasteiger partial charge in [-0.3, -0.25) is 4.79 Å². The zero-order chi connectivity index (χ0) is 27.1. The predicted octanol–water partition coefficient (Wildman–Crippen LogP) is 6.87. The van der Waals surface area contributed by atoms with Crippen LogP contribution in [0.15, 0.2) is 84.9 Å². The molecule has 0 bridgehead atoms. The number of carboxylic acids is 1. The Morgan fingerprint density at radius 2 is 1.67 bits per heavy atom. The number of rotatable bonds is 7. The molecule has 39 heavy (non-hydrogen) atoms. The molecule has 0 saturated heterocycles. The number of carboxylic acid groups (broad SMARTS) is 1. The largest absolute Gasteiger partial charge is 0.478 e. The van der Waals surface area contributed by atoms with Crippen molar-refractivity contribution in [3.63, 3.8) is 0 Å². The van der Waals surface area contributed by atoms with E-state index < -0.39 is 5.97 Å². The number of fused-ring (bicyclic) bond motifs is 2. The van der Waals surface area contributed by atoms with E-state index in [1.165, 1.54) is 0 Å². The highest BCUT2D eigenvalue weighted by molar-refractivity contribution is 6.10. The van der Waals surface area contributed by atoms with Gasteiger partial charge in [0.25, 0.3) is 5.91 Å². The van der Waals surface area contributed by atoms with Crippen LogP contribution in [0.4, 0.5) is 5.69 Å². The van der Waals surface area contributed by atoms with Crippen molar-refractivity contribution in [3.8, 4) is 11.1 Å². The monoisotopic (exact) mass is 515 g/mol. The molecule has 0 radical (unpaired) electrons. The van der Waals surface area contributed by atoms with Crippen LogP contribution >= 0.6 is 0 Å². The van der Waals surface area contributed by atoms with Crippen molar-refractivity contribution in [3.05, 3.63) is 119 Å². The van der Waals surface area contributed by atoms with Gasteiger partial charge in [-0.1, -0.05) is 67.6 Å². The molecule has 194 valence electrons. The molecule has 1 aliphatic rings. The number of carbonyl (C=O) groups is 2. The topological polar surface area (TPSA) is 75.4 Å². The number of amides is 1. The third-order valence-corrected chi connectivity index (χ3v) is 7.48. The molecule has 1 aliphatic heterocycles. The second-order valence-electron chi connectivity index (χ2n) is 10.1. The fourth-order valence-corrected chi connectivity index (χ4v) is 5.53. The molecule has 0 fully saturated rings. The number of imidazole rings is 1. The normalized spacial score (nSPS) is 12.8. The Morgan fingerprint density at radius 1 is 0.949 bits per heavy atom. The number of anilines is 1. The predicted molar refractivity (Wildman–Crippen MR) is 153 cm³/mol. The van der Waals surface area contributed by atoms with Crippen molar-refractivity contribution in [1.82, 2.24) is 9.55 Å². The summed E-state index contributed by atoms with van der Waals surface area (Å²) in [6.45, 7) is 5.40. The minimum atomic E-state index is -0.936. The highest BCUT2D eigenvalue weighted by Crippen LogP contribution is 2.33. The van der Waals surface area contributed by atoms with Gasteiger partial charge in [-0.15, -0.1) is 0 Å².